The fraction of sp³-hybridized carbons (Fsp3) is 0.941. The van der Waals surface area contributed by atoms with Gasteiger partial charge in [0.15, 0.2) is 0 Å². The van der Waals surface area contributed by atoms with Crippen LogP contribution in [-0.2, 0) is 4.74 Å². The zero-order valence-corrected chi connectivity index (χ0v) is 14.5. The smallest absolute Gasteiger partial charge is 0.407 e. The topological polar surface area (TPSA) is 64.3 Å². The molecular weight excluding hydrogens is 264 g/mol. The fourth-order valence-electron chi connectivity index (χ4n) is 2.25. The second-order valence-electron chi connectivity index (χ2n) is 6.84. The Labute approximate surface area is 131 Å². The molecule has 0 saturated heterocycles. The molecule has 0 aromatic carbocycles. The minimum Gasteiger partial charge on any atom is -0.444 e. The van der Waals surface area contributed by atoms with Gasteiger partial charge in [-0.1, -0.05) is 58.3 Å². The average Bonchev–Trinajstić information content (AvgIpc) is 2.38. The summed E-state index contributed by atoms with van der Waals surface area (Å²) in [5, 5.41) is 2.86. The van der Waals surface area contributed by atoms with Crippen molar-refractivity contribution in [3.63, 3.8) is 0 Å². The highest BCUT2D eigenvalue weighted by Gasteiger charge is 2.18. The molecule has 0 aromatic heterocycles. The van der Waals surface area contributed by atoms with E-state index in [4.69, 9.17) is 10.5 Å². The van der Waals surface area contributed by atoms with E-state index >= 15 is 0 Å². The summed E-state index contributed by atoms with van der Waals surface area (Å²) in [6.07, 6.45) is 10.9. The molecule has 21 heavy (non-hydrogen) atoms. The van der Waals surface area contributed by atoms with Gasteiger partial charge in [0.1, 0.15) is 5.60 Å². The molecule has 0 unspecified atom stereocenters. The molecule has 126 valence electrons. The second-order valence-corrected chi connectivity index (χ2v) is 6.84. The van der Waals surface area contributed by atoms with Gasteiger partial charge in [-0.3, -0.25) is 0 Å². The molecule has 0 aliphatic rings. The summed E-state index contributed by atoms with van der Waals surface area (Å²) in [5.74, 6) is 0. The van der Waals surface area contributed by atoms with Crippen LogP contribution in [0.1, 0.15) is 85.5 Å². The number of nitrogens with one attached hydrogen (secondary N) is 1. The lowest BCUT2D eigenvalue weighted by Gasteiger charge is -2.23. The average molecular weight is 300 g/mol. The van der Waals surface area contributed by atoms with E-state index in [9.17, 15) is 4.79 Å². The van der Waals surface area contributed by atoms with E-state index in [2.05, 4.69) is 12.2 Å². The van der Waals surface area contributed by atoms with Gasteiger partial charge in [-0.15, -0.1) is 0 Å². The molecule has 0 aliphatic heterocycles. The van der Waals surface area contributed by atoms with Crippen LogP contribution in [0.15, 0.2) is 0 Å². The Morgan fingerprint density at radius 2 is 1.57 bits per heavy atom. The number of unbranched alkanes of at least 4 members (excludes halogenated alkanes) is 7. The molecule has 0 bridgehead atoms. The first-order valence-electron chi connectivity index (χ1n) is 8.58. The molecule has 1 atom stereocenters. The lowest BCUT2D eigenvalue weighted by molar-refractivity contribution is 0.0503. The van der Waals surface area contributed by atoms with Crippen molar-refractivity contribution in [1.29, 1.82) is 0 Å². The summed E-state index contributed by atoms with van der Waals surface area (Å²) in [4.78, 5) is 11.7. The van der Waals surface area contributed by atoms with Crippen LogP contribution in [0.2, 0.25) is 0 Å². The zero-order valence-electron chi connectivity index (χ0n) is 14.5. The SMILES string of the molecule is CCCCCCCCCC[C@H](CN)NC(=O)OC(C)(C)C. The highest BCUT2D eigenvalue weighted by atomic mass is 16.6. The molecule has 4 heteroatoms. The molecule has 4 nitrogen and oxygen atoms in total. The number of hydrogen-bond donors (Lipinski definition) is 2. The lowest BCUT2D eigenvalue weighted by Crippen LogP contribution is -2.42. The first-order valence-corrected chi connectivity index (χ1v) is 8.58. The number of carbonyl (C=O) groups is 1. The summed E-state index contributed by atoms with van der Waals surface area (Å²) in [5.41, 5.74) is 5.25. The minimum atomic E-state index is -0.457. The molecule has 0 aromatic rings. The van der Waals surface area contributed by atoms with Crippen LogP contribution in [0.25, 0.3) is 0 Å². The monoisotopic (exact) mass is 300 g/mol. The number of amides is 1. The van der Waals surface area contributed by atoms with Gasteiger partial charge >= 0.3 is 6.09 Å². The van der Waals surface area contributed by atoms with E-state index in [1.165, 1.54) is 44.9 Å². The van der Waals surface area contributed by atoms with Crippen molar-refractivity contribution >= 4 is 6.09 Å². The summed E-state index contributed by atoms with van der Waals surface area (Å²) in [6.45, 7) is 8.30. The molecule has 1 amide bonds. The van der Waals surface area contributed by atoms with Crippen molar-refractivity contribution in [1.82, 2.24) is 5.32 Å². The third-order valence-corrected chi connectivity index (χ3v) is 3.41. The predicted octanol–water partition coefficient (Wildman–Crippen LogP) is 4.37. The van der Waals surface area contributed by atoms with Gasteiger partial charge in [0.25, 0.3) is 0 Å². The van der Waals surface area contributed by atoms with Crippen molar-refractivity contribution in [3.8, 4) is 0 Å². The van der Waals surface area contributed by atoms with Gasteiger partial charge in [-0.05, 0) is 27.2 Å². The predicted molar refractivity (Wildman–Crippen MR) is 89.4 cm³/mol. The van der Waals surface area contributed by atoms with Gasteiger partial charge in [0.05, 0.1) is 0 Å². The second kappa shape index (κ2) is 11.8. The first-order chi connectivity index (χ1) is 9.89. The maximum atomic E-state index is 11.7. The molecule has 0 saturated carbocycles. The molecule has 0 fully saturated rings. The standard InChI is InChI=1S/C17H36N2O2/c1-5-6-7-8-9-10-11-12-13-15(14-18)19-16(20)21-17(2,3)4/h15H,5-14,18H2,1-4H3,(H,19,20)/t15-/m1/s1. The molecule has 0 heterocycles. The van der Waals surface area contributed by atoms with Crippen LogP contribution in [-0.4, -0.2) is 24.3 Å². The molecular formula is C17H36N2O2. The van der Waals surface area contributed by atoms with Gasteiger partial charge in [0.2, 0.25) is 0 Å². The van der Waals surface area contributed by atoms with Gasteiger partial charge in [-0.2, -0.15) is 0 Å². The van der Waals surface area contributed by atoms with Crippen molar-refractivity contribution in [3.05, 3.63) is 0 Å². The Bertz CT molecular complexity index is 262. The van der Waals surface area contributed by atoms with Crippen LogP contribution in [0.4, 0.5) is 4.79 Å². The highest BCUT2D eigenvalue weighted by Crippen LogP contribution is 2.11. The number of rotatable bonds is 11. The van der Waals surface area contributed by atoms with Crippen molar-refractivity contribution < 1.29 is 9.53 Å². The third kappa shape index (κ3) is 13.9. The Morgan fingerprint density at radius 3 is 2.05 bits per heavy atom. The lowest BCUT2D eigenvalue weighted by atomic mass is 10.0. The van der Waals surface area contributed by atoms with Crippen molar-refractivity contribution in [2.75, 3.05) is 6.54 Å². The molecule has 0 spiro atoms. The Balaban J connectivity index is 3.64. The number of ether oxygens (including phenoxy) is 1. The summed E-state index contributed by atoms with van der Waals surface area (Å²) in [7, 11) is 0. The summed E-state index contributed by atoms with van der Waals surface area (Å²) >= 11 is 0. The number of nitrogens with two attached hydrogens (primary N) is 1. The van der Waals surface area contributed by atoms with Gasteiger partial charge < -0.3 is 15.8 Å². The normalized spacial score (nSPS) is 13.0. The Kier molecular flexibility index (Phi) is 11.4. The van der Waals surface area contributed by atoms with Crippen LogP contribution in [0.3, 0.4) is 0 Å². The summed E-state index contributed by atoms with van der Waals surface area (Å²) in [6, 6.07) is 0.0277. The van der Waals surface area contributed by atoms with E-state index in [0.717, 1.165) is 12.8 Å². The van der Waals surface area contributed by atoms with E-state index in [1.54, 1.807) is 0 Å². The van der Waals surface area contributed by atoms with E-state index < -0.39 is 5.60 Å². The zero-order chi connectivity index (χ0) is 16.1. The van der Waals surface area contributed by atoms with Crippen molar-refractivity contribution in [2.45, 2.75) is 97.1 Å². The van der Waals surface area contributed by atoms with Crippen LogP contribution < -0.4 is 11.1 Å². The quantitative estimate of drug-likeness (QED) is 0.557. The maximum Gasteiger partial charge on any atom is 0.407 e. The van der Waals surface area contributed by atoms with E-state index in [0.29, 0.717) is 6.54 Å². The Hall–Kier alpha value is -0.770. The number of carbonyl (C=O) groups excluding carboxylic acids is 1. The Morgan fingerprint density at radius 1 is 1.05 bits per heavy atom. The van der Waals surface area contributed by atoms with Crippen molar-refractivity contribution in [2.24, 2.45) is 5.73 Å². The molecule has 0 radical (unpaired) electrons. The van der Waals surface area contributed by atoms with Crippen LogP contribution in [0, 0.1) is 0 Å². The molecule has 0 aliphatic carbocycles. The third-order valence-electron chi connectivity index (χ3n) is 3.41. The van der Waals surface area contributed by atoms with Gasteiger partial charge in [-0.25, -0.2) is 4.79 Å². The number of hydrogen-bond acceptors (Lipinski definition) is 3. The summed E-state index contributed by atoms with van der Waals surface area (Å²) < 4.78 is 5.25. The molecule has 0 rings (SSSR count). The highest BCUT2D eigenvalue weighted by molar-refractivity contribution is 5.68. The van der Waals surface area contributed by atoms with Crippen LogP contribution in [0.5, 0.6) is 0 Å². The van der Waals surface area contributed by atoms with Crippen LogP contribution >= 0.6 is 0 Å². The first kappa shape index (κ1) is 20.2. The minimum absolute atomic E-state index is 0.0277. The van der Waals surface area contributed by atoms with E-state index in [-0.39, 0.29) is 12.1 Å². The van der Waals surface area contributed by atoms with Gasteiger partial charge in [0, 0.05) is 12.6 Å². The largest absolute Gasteiger partial charge is 0.444 e. The fourth-order valence-corrected chi connectivity index (χ4v) is 2.25. The van der Waals surface area contributed by atoms with E-state index in [1.807, 2.05) is 20.8 Å². The molecule has 3 N–H and O–H groups in total. The number of alkyl carbamates (subject to hydrolysis) is 1. The maximum absolute atomic E-state index is 11.7.